The van der Waals surface area contributed by atoms with E-state index in [1.54, 1.807) is 18.2 Å². The maximum absolute atomic E-state index is 13.2. The first-order valence-corrected chi connectivity index (χ1v) is 14.0. The van der Waals surface area contributed by atoms with E-state index >= 15 is 0 Å². The molecule has 0 bridgehead atoms. The van der Waals surface area contributed by atoms with Crippen molar-refractivity contribution in [3.05, 3.63) is 59.9 Å². The van der Waals surface area contributed by atoms with Crippen molar-refractivity contribution in [1.82, 2.24) is 20.2 Å². The van der Waals surface area contributed by atoms with Crippen LogP contribution in [0.1, 0.15) is 49.4 Å². The zero-order valence-electron chi connectivity index (χ0n) is 24.2. The molecule has 3 unspecified atom stereocenters. The van der Waals surface area contributed by atoms with Crippen LogP contribution in [0.3, 0.4) is 0 Å². The summed E-state index contributed by atoms with van der Waals surface area (Å²) in [7, 11) is 1.35. The van der Waals surface area contributed by atoms with Gasteiger partial charge in [0.1, 0.15) is 11.6 Å². The summed E-state index contributed by atoms with van der Waals surface area (Å²) in [6.07, 6.45) is -4.57. The number of alkyl carbamates (subject to hydrolysis) is 1. The second kappa shape index (κ2) is 11.8. The van der Waals surface area contributed by atoms with Crippen LogP contribution in [0.4, 0.5) is 18.0 Å². The Morgan fingerprint density at radius 3 is 2.60 bits per heavy atom. The molecule has 1 saturated heterocycles. The lowest BCUT2D eigenvalue weighted by Gasteiger charge is -2.30. The van der Waals surface area contributed by atoms with Gasteiger partial charge in [-0.2, -0.15) is 0 Å². The molecule has 1 aliphatic heterocycles. The van der Waals surface area contributed by atoms with Crippen LogP contribution in [-0.4, -0.2) is 64.6 Å². The average molecular weight is 599 g/mol. The van der Waals surface area contributed by atoms with E-state index in [-0.39, 0.29) is 29.1 Å². The number of carbonyl (C=O) groups is 2. The lowest BCUT2D eigenvalue weighted by molar-refractivity contribution is -0.274. The number of aromatic amines is 1. The number of aromatic nitrogens is 2. The summed E-state index contributed by atoms with van der Waals surface area (Å²) in [5.74, 6) is -0.534. The van der Waals surface area contributed by atoms with Crippen molar-refractivity contribution < 1.29 is 37.3 Å². The molecule has 12 heteroatoms. The van der Waals surface area contributed by atoms with E-state index < -0.39 is 24.2 Å². The third kappa shape index (κ3) is 6.53. The molecule has 4 aromatic rings. The van der Waals surface area contributed by atoms with E-state index in [9.17, 15) is 27.9 Å². The summed E-state index contributed by atoms with van der Waals surface area (Å²) in [6, 6.07) is 12.3. The number of hydrogen-bond donors (Lipinski definition) is 3. The molecule has 0 saturated carbocycles. The van der Waals surface area contributed by atoms with E-state index in [1.165, 1.54) is 19.2 Å². The van der Waals surface area contributed by atoms with Gasteiger partial charge in [-0.3, -0.25) is 4.90 Å². The third-order valence-electron chi connectivity index (χ3n) is 7.90. The first-order valence-electron chi connectivity index (χ1n) is 14.0. The summed E-state index contributed by atoms with van der Waals surface area (Å²) in [6.45, 7) is 7.77. The number of alkyl halides is 3. The van der Waals surface area contributed by atoms with Crippen molar-refractivity contribution in [3.63, 3.8) is 0 Å². The van der Waals surface area contributed by atoms with Crippen LogP contribution in [-0.2, 0) is 4.74 Å². The van der Waals surface area contributed by atoms with Gasteiger partial charge in [0, 0.05) is 30.1 Å². The molecule has 1 aliphatic rings. The Morgan fingerprint density at radius 1 is 1.16 bits per heavy atom. The van der Waals surface area contributed by atoms with Crippen LogP contribution in [0, 0.1) is 11.8 Å². The molecule has 1 amide bonds. The van der Waals surface area contributed by atoms with Crippen molar-refractivity contribution >= 4 is 33.9 Å². The van der Waals surface area contributed by atoms with Crippen molar-refractivity contribution in [1.29, 1.82) is 0 Å². The molecule has 1 fully saturated rings. The van der Waals surface area contributed by atoms with Crippen molar-refractivity contribution in [2.24, 2.45) is 11.8 Å². The Hall–Kier alpha value is -4.32. The summed E-state index contributed by atoms with van der Waals surface area (Å²) < 4.78 is 48.5. The van der Waals surface area contributed by atoms with Crippen LogP contribution in [0.2, 0.25) is 0 Å². The molecule has 1 aromatic heterocycles. The van der Waals surface area contributed by atoms with Gasteiger partial charge >= 0.3 is 18.4 Å². The van der Waals surface area contributed by atoms with Crippen LogP contribution in [0.5, 0.6) is 5.75 Å². The number of rotatable bonds is 8. The number of nitrogens with one attached hydrogen (secondary N) is 2. The minimum absolute atomic E-state index is 0.00671. The van der Waals surface area contributed by atoms with Gasteiger partial charge in [0.05, 0.1) is 29.7 Å². The Bertz CT molecular complexity index is 1670. The molecule has 43 heavy (non-hydrogen) atoms. The van der Waals surface area contributed by atoms with Gasteiger partial charge < -0.3 is 24.9 Å². The minimum Gasteiger partial charge on any atom is -0.478 e. The minimum atomic E-state index is -4.99. The summed E-state index contributed by atoms with van der Waals surface area (Å²) >= 11 is 0. The monoisotopic (exact) mass is 598 g/mol. The number of carbonyl (C=O) groups excluding carboxylic acids is 1. The highest BCUT2D eigenvalue weighted by Gasteiger charge is 2.35. The van der Waals surface area contributed by atoms with E-state index in [0.717, 1.165) is 46.7 Å². The highest BCUT2D eigenvalue weighted by Crippen LogP contribution is 2.39. The van der Waals surface area contributed by atoms with Gasteiger partial charge in [0.15, 0.2) is 0 Å². The van der Waals surface area contributed by atoms with Crippen molar-refractivity contribution in [2.75, 3.05) is 20.2 Å². The molecule has 228 valence electrons. The number of carboxylic acid groups (broad SMARTS) is 1. The maximum atomic E-state index is 13.2. The number of fused-ring (bicyclic) bond motifs is 3. The Morgan fingerprint density at radius 2 is 1.93 bits per heavy atom. The molecule has 9 nitrogen and oxygen atoms in total. The predicted molar refractivity (Wildman–Crippen MR) is 155 cm³/mol. The second-order valence-electron chi connectivity index (χ2n) is 11.4. The number of nitrogens with zero attached hydrogens (tertiary/aromatic N) is 2. The molecule has 0 aliphatic carbocycles. The van der Waals surface area contributed by atoms with Crippen molar-refractivity contribution in [2.45, 2.75) is 45.6 Å². The van der Waals surface area contributed by atoms with Crippen LogP contribution < -0.4 is 10.1 Å². The average Bonchev–Trinajstić information content (AvgIpc) is 3.54. The quantitative estimate of drug-likeness (QED) is 0.206. The van der Waals surface area contributed by atoms with Crippen LogP contribution >= 0.6 is 0 Å². The molecule has 0 spiro atoms. The Kier molecular flexibility index (Phi) is 8.24. The molecule has 3 aromatic carbocycles. The SMILES string of the molecule is COC(=O)NC(CN1CC(C)CC1c1nc2c(ccc3cc(-c4ccc(C(=O)O)cc4OC(F)(F)F)ccc32)[nH]1)C(C)C. The number of H-pyrrole nitrogens is 1. The van der Waals surface area contributed by atoms with E-state index in [1.807, 2.05) is 12.1 Å². The van der Waals surface area contributed by atoms with Gasteiger partial charge in [-0.05, 0) is 59.5 Å². The highest BCUT2D eigenvalue weighted by atomic mass is 19.4. The number of ether oxygens (including phenoxy) is 2. The maximum Gasteiger partial charge on any atom is 0.573 e. The number of benzene rings is 3. The molecule has 3 atom stereocenters. The molecule has 2 heterocycles. The lowest BCUT2D eigenvalue weighted by Crippen LogP contribution is -2.46. The number of amides is 1. The second-order valence-corrected chi connectivity index (χ2v) is 11.4. The normalized spacial score (nSPS) is 18.3. The third-order valence-corrected chi connectivity index (χ3v) is 7.90. The molecule has 0 radical (unpaired) electrons. The molecule has 5 rings (SSSR count). The van der Waals surface area contributed by atoms with Gasteiger partial charge in [-0.15, -0.1) is 13.2 Å². The molecular weight excluding hydrogens is 565 g/mol. The largest absolute Gasteiger partial charge is 0.573 e. The summed E-state index contributed by atoms with van der Waals surface area (Å²) in [5, 5.41) is 13.8. The number of hydrogen-bond acceptors (Lipinski definition) is 6. The van der Waals surface area contributed by atoms with Gasteiger partial charge in [0.25, 0.3) is 0 Å². The summed E-state index contributed by atoms with van der Waals surface area (Å²) in [4.78, 5) is 34.1. The fourth-order valence-electron chi connectivity index (χ4n) is 5.75. The van der Waals surface area contributed by atoms with E-state index in [0.29, 0.717) is 18.0 Å². The number of aromatic carboxylic acids is 1. The number of methoxy groups -OCH3 is 1. The van der Waals surface area contributed by atoms with E-state index in [4.69, 9.17) is 9.72 Å². The Balaban J connectivity index is 1.49. The van der Waals surface area contributed by atoms with Gasteiger partial charge in [-0.25, -0.2) is 14.6 Å². The smallest absolute Gasteiger partial charge is 0.478 e. The highest BCUT2D eigenvalue weighted by molar-refractivity contribution is 6.05. The molecular formula is C31H33F3N4O5. The standard InChI is InChI=1S/C31H33F3N4O5/c1-16(2)24(36-30(41)42-4)15-38-14-17(3)11-25(38)28-35-23-10-7-19-12-18(5-9-22(19)27(23)37-28)21-8-6-20(29(39)40)13-26(21)43-31(32,33)34/h5-10,12-13,16-17,24-25H,11,14-15H2,1-4H3,(H,35,37)(H,36,41)(H,39,40). The first-order chi connectivity index (χ1) is 20.3. The predicted octanol–water partition coefficient (Wildman–Crippen LogP) is 6.74. The number of halogens is 3. The number of imidazole rings is 1. The zero-order valence-corrected chi connectivity index (χ0v) is 24.2. The molecule has 3 N–H and O–H groups in total. The Labute approximate surface area is 246 Å². The van der Waals surface area contributed by atoms with Gasteiger partial charge in [-0.1, -0.05) is 39.0 Å². The first kappa shape index (κ1) is 30.1. The van der Waals surface area contributed by atoms with Crippen molar-refractivity contribution in [3.8, 4) is 16.9 Å². The zero-order chi connectivity index (χ0) is 31.1. The lowest BCUT2D eigenvalue weighted by atomic mass is 9.98. The number of carboxylic acids is 1. The topological polar surface area (TPSA) is 117 Å². The van der Waals surface area contributed by atoms with Gasteiger partial charge in [0.2, 0.25) is 0 Å². The van der Waals surface area contributed by atoms with Crippen LogP contribution in [0.25, 0.3) is 32.9 Å². The summed E-state index contributed by atoms with van der Waals surface area (Å²) in [5.41, 5.74) is 1.80. The fourth-order valence-corrected chi connectivity index (χ4v) is 5.75. The van der Waals surface area contributed by atoms with Crippen LogP contribution in [0.15, 0.2) is 48.5 Å². The van der Waals surface area contributed by atoms with E-state index in [2.05, 4.69) is 40.7 Å². The fraction of sp³-hybridized carbons (Fsp3) is 0.387. The number of likely N-dealkylation sites (tertiary alicyclic amines) is 1.